The first kappa shape index (κ1) is 13.2. The van der Waals surface area contributed by atoms with Crippen LogP contribution in [0.5, 0.6) is 0 Å². The van der Waals surface area contributed by atoms with E-state index in [1.807, 2.05) is 22.6 Å². The lowest BCUT2D eigenvalue weighted by molar-refractivity contribution is -0.384. The van der Waals surface area contributed by atoms with Gasteiger partial charge in [0.2, 0.25) is 5.91 Å². The van der Waals surface area contributed by atoms with Gasteiger partial charge in [0.15, 0.2) is 0 Å². The van der Waals surface area contributed by atoms with Gasteiger partial charge in [-0.05, 0) is 41.1 Å². The maximum Gasteiger partial charge on any atom is 0.270 e. The molecule has 0 radical (unpaired) electrons. The molecule has 1 aliphatic heterocycles. The van der Waals surface area contributed by atoms with Crippen LogP contribution in [0.1, 0.15) is 6.42 Å². The van der Waals surface area contributed by atoms with Crippen LogP contribution in [0.2, 0.25) is 0 Å². The lowest BCUT2D eigenvalue weighted by atomic mass is 10.1. The molecular formula is C11H12IN3O3. The summed E-state index contributed by atoms with van der Waals surface area (Å²) >= 11 is 2.01. The first-order chi connectivity index (χ1) is 8.52. The summed E-state index contributed by atoms with van der Waals surface area (Å²) in [6.45, 7) is 1.06. The van der Waals surface area contributed by atoms with Crippen molar-refractivity contribution in [3.63, 3.8) is 0 Å². The van der Waals surface area contributed by atoms with Crippen LogP contribution in [-0.2, 0) is 4.79 Å². The molecule has 1 amide bonds. The molecule has 6 nitrogen and oxygen atoms in total. The quantitative estimate of drug-likeness (QED) is 0.502. The SMILES string of the molecule is NCC1CC(=O)N(c2ccc([N+](=O)[O-])cc2I)C1. The van der Waals surface area contributed by atoms with Crippen molar-refractivity contribution in [2.75, 3.05) is 18.0 Å². The molecule has 96 valence electrons. The van der Waals surface area contributed by atoms with E-state index in [0.29, 0.717) is 23.1 Å². The molecule has 0 spiro atoms. The maximum absolute atomic E-state index is 11.8. The summed E-state index contributed by atoms with van der Waals surface area (Å²) in [5.41, 5.74) is 6.32. The van der Waals surface area contributed by atoms with Gasteiger partial charge in [-0.1, -0.05) is 0 Å². The number of non-ortho nitro benzene ring substituents is 1. The molecular weight excluding hydrogens is 349 g/mol. The molecule has 1 heterocycles. The Morgan fingerprint density at radius 3 is 2.78 bits per heavy atom. The highest BCUT2D eigenvalue weighted by molar-refractivity contribution is 14.1. The van der Waals surface area contributed by atoms with Crippen LogP contribution < -0.4 is 10.6 Å². The van der Waals surface area contributed by atoms with Crippen LogP contribution in [-0.4, -0.2) is 23.9 Å². The highest BCUT2D eigenvalue weighted by Gasteiger charge is 2.31. The maximum atomic E-state index is 11.8. The van der Waals surface area contributed by atoms with Gasteiger partial charge < -0.3 is 10.6 Å². The molecule has 1 fully saturated rings. The smallest absolute Gasteiger partial charge is 0.270 e. The van der Waals surface area contributed by atoms with E-state index in [0.717, 1.165) is 5.69 Å². The van der Waals surface area contributed by atoms with E-state index in [1.54, 1.807) is 11.0 Å². The zero-order valence-electron chi connectivity index (χ0n) is 9.51. The molecule has 18 heavy (non-hydrogen) atoms. The fourth-order valence-electron chi connectivity index (χ4n) is 2.00. The van der Waals surface area contributed by atoms with E-state index in [2.05, 4.69) is 0 Å². The van der Waals surface area contributed by atoms with E-state index in [9.17, 15) is 14.9 Å². The summed E-state index contributed by atoms with van der Waals surface area (Å²) in [6.07, 6.45) is 0.448. The number of hydrogen-bond acceptors (Lipinski definition) is 4. The molecule has 1 aliphatic rings. The summed E-state index contributed by atoms with van der Waals surface area (Å²) in [5, 5.41) is 10.7. The van der Waals surface area contributed by atoms with Gasteiger partial charge in [-0.25, -0.2) is 0 Å². The molecule has 1 aromatic carbocycles. The van der Waals surface area contributed by atoms with Gasteiger partial charge in [0.1, 0.15) is 0 Å². The Bertz CT molecular complexity index is 506. The first-order valence-corrected chi connectivity index (χ1v) is 6.55. The minimum atomic E-state index is -0.444. The third kappa shape index (κ3) is 2.46. The number of amides is 1. The number of nitrogens with two attached hydrogens (primary N) is 1. The number of rotatable bonds is 3. The predicted octanol–water partition coefficient (Wildman–Crippen LogP) is 1.51. The Morgan fingerprint density at radius 2 is 2.28 bits per heavy atom. The van der Waals surface area contributed by atoms with Crippen molar-refractivity contribution >= 4 is 39.9 Å². The van der Waals surface area contributed by atoms with Crippen molar-refractivity contribution in [2.45, 2.75) is 6.42 Å². The van der Waals surface area contributed by atoms with Crippen LogP contribution in [0.25, 0.3) is 0 Å². The lowest BCUT2D eigenvalue weighted by Crippen LogP contribution is -2.26. The molecule has 0 bridgehead atoms. The topological polar surface area (TPSA) is 89.5 Å². The fourth-order valence-corrected chi connectivity index (χ4v) is 2.79. The number of halogens is 1. The Hall–Kier alpha value is -1.22. The largest absolute Gasteiger partial charge is 0.330 e. The van der Waals surface area contributed by atoms with E-state index < -0.39 is 4.92 Å². The first-order valence-electron chi connectivity index (χ1n) is 5.47. The van der Waals surface area contributed by atoms with Crippen LogP contribution in [0.4, 0.5) is 11.4 Å². The highest BCUT2D eigenvalue weighted by atomic mass is 127. The molecule has 1 atom stereocenters. The van der Waals surface area contributed by atoms with Gasteiger partial charge in [0.05, 0.1) is 10.6 Å². The average molecular weight is 361 g/mol. The van der Waals surface area contributed by atoms with Crippen LogP contribution in [0, 0.1) is 19.6 Å². The second-order valence-corrected chi connectivity index (χ2v) is 5.37. The average Bonchev–Trinajstić information content (AvgIpc) is 2.70. The second kappa shape index (κ2) is 5.19. The fraction of sp³-hybridized carbons (Fsp3) is 0.364. The molecule has 7 heteroatoms. The van der Waals surface area contributed by atoms with Crippen LogP contribution in [0.15, 0.2) is 18.2 Å². The second-order valence-electron chi connectivity index (χ2n) is 4.20. The van der Waals surface area contributed by atoms with Gasteiger partial charge in [0.25, 0.3) is 5.69 Å². The molecule has 0 aliphatic carbocycles. The number of anilines is 1. The molecule has 2 rings (SSSR count). The lowest BCUT2D eigenvalue weighted by Gasteiger charge is -2.18. The Labute approximate surface area is 117 Å². The van der Waals surface area contributed by atoms with E-state index in [1.165, 1.54) is 12.1 Å². The molecule has 0 aromatic heterocycles. The van der Waals surface area contributed by atoms with Crippen LogP contribution >= 0.6 is 22.6 Å². The summed E-state index contributed by atoms with van der Waals surface area (Å²) < 4.78 is 0.702. The summed E-state index contributed by atoms with van der Waals surface area (Å²) in [5.74, 6) is 0.195. The zero-order chi connectivity index (χ0) is 13.3. The van der Waals surface area contributed by atoms with Crippen LogP contribution in [0.3, 0.4) is 0 Å². The van der Waals surface area contributed by atoms with Gasteiger partial charge in [0, 0.05) is 28.7 Å². The van der Waals surface area contributed by atoms with E-state index >= 15 is 0 Å². The normalized spacial score (nSPS) is 19.3. The van der Waals surface area contributed by atoms with Gasteiger partial charge in [-0.2, -0.15) is 0 Å². The van der Waals surface area contributed by atoms with Crippen molar-refractivity contribution < 1.29 is 9.72 Å². The van der Waals surface area contributed by atoms with E-state index in [4.69, 9.17) is 5.73 Å². The molecule has 1 unspecified atom stereocenters. The zero-order valence-corrected chi connectivity index (χ0v) is 11.7. The summed E-state index contributed by atoms with van der Waals surface area (Å²) in [4.78, 5) is 23.7. The third-order valence-electron chi connectivity index (χ3n) is 2.97. The Kier molecular flexibility index (Phi) is 3.81. The third-order valence-corrected chi connectivity index (χ3v) is 3.84. The number of nitrogens with zero attached hydrogens (tertiary/aromatic N) is 2. The number of hydrogen-bond donors (Lipinski definition) is 1. The van der Waals surface area contributed by atoms with Gasteiger partial charge >= 0.3 is 0 Å². The minimum absolute atomic E-state index is 0.0252. The summed E-state index contributed by atoms with van der Waals surface area (Å²) in [6, 6.07) is 4.51. The van der Waals surface area contributed by atoms with Crippen molar-refractivity contribution in [2.24, 2.45) is 11.7 Å². The van der Waals surface area contributed by atoms with Crippen molar-refractivity contribution in [3.8, 4) is 0 Å². The molecule has 2 N–H and O–H groups in total. The van der Waals surface area contributed by atoms with Crippen molar-refractivity contribution in [3.05, 3.63) is 31.9 Å². The minimum Gasteiger partial charge on any atom is -0.330 e. The van der Waals surface area contributed by atoms with Crippen molar-refractivity contribution in [1.82, 2.24) is 0 Å². The number of nitro groups is 1. The molecule has 1 aromatic rings. The number of carbonyl (C=O) groups excluding carboxylic acids is 1. The highest BCUT2D eigenvalue weighted by Crippen LogP contribution is 2.31. The predicted molar refractivity (Wildman–Crippen MR) is 75.3 cm³/mol. The molecule has 1 saturated heterocycles. The Balaban J connectivity index is 2.29. The van der Waals surface area contributed by atoms with Gasteiger partial charge in [-0.15, -0.1) is 0 Å². The number of carbonyl (C=O) groups is 1. The monoisotopic (exact) mass is 361 g/mol. The summed E-state index contributed by atoms with van der Waals surface area (Å²) in [7, 11) is 0. The number of nitro benzene ring substituents is 1. The number of benzene rings is 1. The van der Waals surface area contributed by atoms with Gasteiger partial charge in [-0.3, -0.25) is 14.9 Å². The standard InChI is InChI=1S/C11H12IN3O3/c12-9-4-8(15(17)18)1-2-10(9)14-6-7(5-13)3-11(14)16/h1-2,4,7H,3,5-6,13H2. The Morgan fingerprint density at radius 1 is 1.56 bits per heavy atom. The molecule has 0 saturated carbocycles. The van der Waals surface area contributed by atoms with Crippen molar-refractivity contribution in [1.29, 1.82) is 0 Å². The van der Waals surface area contributed by atoms with E-state index in [-0.39, 0.29) is 17.5 Å².